The third-order valence-electron chi connectivity index (χ3n) is 3.75. The van der Waals surface area contributed by atoms with Gasteiger partial charge in [0.15, 0.2) is 0 Å². The van der Waals surface area contributed by atoms with Gasteiger partial charge in [-0.05, 0) is 25.3 Å². The van der Waals surface area contributed by atoms with Gasteiger partial charge in [-0.25, -0.2) is 0 Å². The van der Waals surface area contributed by atoms with Gasteiger partial charge in [0.25, 0.3) is 0 Å². The van der Waals surface area contributed by atoms with Gasteiger partial charge in [0.2, 0.25) is 5.91 Å². The maximum Gasteiger partial charge on any atom is 0.240 e. The van der Waals surface area contributed by atoms with Crippen LogP contribution in [0.5, 0.6) is 0 Å². The van der Waals surface area contributed by atoms with Crippen LogP contribution in [0, 0.1) is 0 Å². The molecule has 1 saturated heterocycles. The van der Waals surface area contributed by atoms with Crippen LogP contribution >= 0.6 is 0 Å². The fourth-order valence-electron chi connectivity index (χ4n) is 2.36. The number of rotatable bonds is 6. The minimum Gasteiger partial charge on any atom is -0.327 e. The van der Waals surface area contributed by atoms with E-state index in [4.69, 9.17) is 0 Å². The molecule has 1 aromatic rings. The lowest BCUT2D eigenvalue weighted by Crippen LogP contribution is -2.36. The van der Waals surface area contributed by atoms with Crippen LogP contribution in [0.3, 0.4) is 0 Å². The van der Waals surface area contributed by atoms with Gasteiger partial charge in [-0.3, -0.25) is 14.3 Å². The van der Waals surface area contributed by atoms with E-state index in [1.807, 2.05) is 25.1 Å². The molecular weight excluding hydrogens is 272 g/mol. The zero-order chi connectivity index (χ0) is 14.5. The summed E-state index contributed by atoms with van der Waals surface area (Å²) in [6.07, 6.45) is 3.39. The Bertz CT molecular complexity index is 478. The van der Waals surface area contributed by atoms with Crippen molar-refractivity contribution in [1.82, 2.24) is 10.2 Å². The van der Waals surface area contributed by atoms with Crippen LogP contribution in [0.2, 0.25) is 0 Å². The molecule has 1 aliphatic heterocycles. The number of hydrogen-bond donors (Lipinski definition) is 1. The molecule has 110 valence electrons. The molecule has 0 aromatic heterocycles. The van der Waals surface area contributed by atoms with Crippen LogP contribution in [0.1, 0.15) is 18.9 Å². The monoisotopic (exact) mass is 294 g/mol. The summed E-state index contributed by atoms with van der Waals surface area (Å²) in [7, 11) is -0.888. The fourth-order valence-corrected chi connectivity index (χ4v) is 2.75. The predicted octanol–water partition coefficient (Wildman–Crippen LogP) is 1.14. The van der Waals surface area contributed by atoms with Crippen LogP contribution < -0.4 is 5.32 Å². The van der Waals surface area contributed by atoms with Crippen LogP contribution in [0.15, 0.2) is 30.3 Å². The minimum atomic E-state index is -0.888. The Hall–Kier alpha value is -1.20. The summed E-state index contributed by atoms with van der Waals surface area (Å²) < 4.78 is 11.4. The van der Waals surface area contributed by atoms with Crippen molar-refractivity contribution in [1.29, 1.82) is 0 Å². The molecule has 1 fully saturated rings. The smallest absolute Gasteiger partial charge is 0.240 e. The average molecular weight is 294 g/mol. The second-order valence-corrected chi connectivity index (χ2v) is 7.11. The second-order valence-electron chi connectivity index (χ2n) is 5.31. The molecule has 3 atom stereocenters. The van der Waals surface area contributed by atoms with Gasteiger partial charge >= 0.3 is 0 Å². The van der Waals surface area contributed by atoms with Crippen LogP contribution in [0.4, 0.5) is 0 Å². The third kappa shape index (κ3) is 3.90. The molecule has 3 unspecified atom stereocenters. The lowest BCUT2D eigenvalue weighted by Gasteiger charge is -2.18. The van der Waals surface area contributed by atoms with Crippen molar-refractivity contribution in [2.45, 2.75) is 31.1 Å². The van der Waals surface area contributed by atoms with Gasteiger partial charge in [0.05, 0.1) is 12.7 Å². The zero-order valence-electron chi connectivity index (χ0n) is 12.0. The Morgan fingerprint density at radius 2 is 2.10 bits per heavy atom. The number of amides is 1. The molecule has 1 amide bonds. The summed E-state index contributed by atoms with van der Waals surface area (Å²) in [4.78, 5) is 14.0. The van der Waals surface area contributed by atoms with Gasteiger partial charge in [-0.15, -0.1) is 0 Å². The normalized spacial score (nSPS) is 22.0. The second kappa shape index (κ2) is 6.99. The number of nitrogens with zero attached hydrogens (tertiary/aromatic N) is 1. The maximum atomic E-state index is 12.2. The Morgan fingerprint density at radius 1 is 1.40 bits per heavy atom. The van der Waals surface area contributed by atoms with Crippen LogP contribution in [-0.2, 0) is 22.0 Å². The van der Waals surface area contributed by atoms with E-state index in [0.29, 0.717) is 13.2 Å². The molecule has 1 heterocycles. The van der Waals surface area contributed by atoms with Gasteiger partial charge in [-0.2, -0.15) is 0 Å². The van der Waals surface area contributed by atoms with Gasteiger partial charge in [0, 0.05) is 28.9 Å². The first-order chi connectivity index (χ1) is 9.58. The van der Waals surface area contributed by atoms with E-state index < -0.39 is 10.8 Å². The molecule has 0 bridgehead atoms. The Labute approximate surface area is 123 Å². The number of carbonyl (C=O) groups excluding carboxylic acids is 1. The van der Waals surface area contributed by atoms with E-state index in [1.165, 1.54) is 5.56 Å². The van der Waals surface area contributed by atoms with Gasteiger partial charge < -0.3 is 4.90 Å². The van der Waals surface area contributed by atoms with Crippen molar-refractivity contribution in [2.24, 2.45) is 0 Å². The first-order valence-corrected chi connectivity index (χ1v) is 8.58. The Balaban J connectivity index is 1.83. The first kappa shape index (κ1) is 15.2. The lowest BCUT2D eigenvalue weighted by atomic mass is 10.1. The van der Waals surface area contributed by atoms with E-state index in [9.17, 15) is 9.00 Å². The van der Waals surface area contributed by atoms with E-state index in [0.717, 1.165) is 12.8 Å². The molecule has 1 N–H and O–H groups in total. The number of carbonyl (C=O) groups is 1. The maximum absolute atomic E-state index is 12.2. The third-order valence-corrected chi connectivity index (χ3v) is 5.03. The fraction of sp³-hybridized carbons (Fsp3) is 0.533. The molecule has 0 radical (unpaired) electrons. The topological polar surface area (TPSA) is 49.4 Å². The van der Waals surface area contributed by atoms with Crippen molar-refractivity contribution >= 4 is 16.7 Å². The summed E-state index contributed by atoms with van der Waals surface area (Å²) in [5.74, 6) is 0.137. The molecule has 20 heavy (non-hydrogen) atoms. The number of nitrogens with one attached hydrogen (secondary N) is 1. The van der Waals surface area contributed by atoms with E-state index in [2.05, 4.69) is 17.4 Å². The summed E-state index contributed by atoms with van der Waals surface area (Å²) in [6.45, 7) is 3.05. The van der Waals surface area contributed by atoms with Crippen molar-refractivity contribution in [3.8, 4) is 0 Å². The van der Waals surface area contributed by atoms with E-state index >= 15 is 0 Å². The SMILES string of the molecule is CC(CN1CNC(CCc2ccccc2)C1=O)S(C)=O. The number of aryl methyl sites for hydroxylation is 1. The van der Waals surface area contributed by atoms with Gasteiger partial charge in [0.1, 0.15) is 0 Å². The summed E-state index contributed by atoms with van der Waals surface area (Å²) in [5, 5.41) is 3.27. The highest BCUT2D eigenvalue weighted by Crippen LogP contribution is 2.12. The summed E-state index contributed by atoms with van der Waals surface area (Å²) in [6, 6.07) is 10.1. The average Bonchev–Trinajstić information content (AvgIpc) is 2.78. The first-order valence-electron chi connectivity index (χ1n) is 6.96. The largest absolute Gasteiger partial charge is 0.327 e. The highest BCUT2D eigenvalue weighted by molar-refractivity contribution is 7.84. The molecule has 0 spiro atoms. The van der Waals surface area contributed by atoms with Crippen molar-refractivity contribution in [3.63, 3.8) is 0 Å². The molecule has 4 nitrogen and oxygen atoms in total. The number of benzene rings is 1. The van der Waals surface area contributed by atoms with E-state index in [-0.39, 0.29) is 17.2 Å². The van der Waals surface area contributed by atoms with Crippen molar-refractivity contribution in [2.75, 3.05) is 19.5 Å². The highest BCUT2D eigenvalue weighted by Gasteiger charge is 2.31. The molecular formula is C15H22N2O2S. The summed E-state index contributed by atoms with van der Waals surface area (Å²) >= 11 is 0. The quantitative estimate of drug-likeness (QED) is 0.856. The molecule has 0 saturated carbocycles. The molecule has 1 aromatic carbocycles. The number of hydrogen-bond acceptors (Lipinski definition) is 3. The van der Waals surface area contributed by atoms with Crippen LogP contribution in [0.25, 0.3) is 0 Å². The zero-order valence-corrected chi connectivity index (χ0v) is 12.9. The standard InChI is InChI=1S/C15H22N2O2S/c1-12(20(2)19)10-17-11-16-14(15(17)18)9-8-13-6-4-3-5-7-13/h3-7,12,14,16H,8-11H2,1-2H3. The van der Waals surface area contributed by atoms with Crippen LogP contribution in [-0.4, -0.2) is 45.8 Å². The van der Waals surface area contributed by atoms with Crippen molar-refractivity contribution < 1.29 is 9.00 Å². The highest BCUT2D eigenvalue weighted by atomic mass is 32.2. The van der Waals surface area contributed by atoms with E-state index in [1.54, 1.807) is 11.2 Å². The lowest BCUT2D eigenvalue weighted by molar-refractivity contribution is -0.128. The Morgan fingerprint density at radius 3 is 2.75 bits per heavy atom. The summed E-state index contributed by atoms with van der Waals surface area (Å²) in [5.41, 5.74) is 1.25. The molecule has 0 aliphatic carbocycles. The van der Waals surface area contributed by atoms with Gasteiger partial charge in [-0.1, -0.05) is 30.3 Å². The molecule has 2 rings (SSSR count). The predicted molar refractivity (Wildman–Crippen MR) is 81.8 cm³/mol. The van der Waals surface area contributed by atoms with Crippen molar-refractivity contribution in [3.05, 3.63) is 35.9 Å². The Kier molecular flexibility index (Phi) is 5.31. The molecule has 5 heteroatoms. The minimum absolute atomic E-state index is 0.0219. The molecule has 1 aliphatic rings.